The van der Waals surface area contributed by atoms with E-state index in [1.807, 2.05) is 55.5 Å². The summed E-state index contributed by atoms with van der Waals surface area (Å²) in [6, 6.07) is 20.0. The summed E-state index contributed by atoms with van der Waals surface area (Å²) in [5.74, 6) is -0.172. The summed E-state index contributed by atoms with van der Waals surface area (Å²) in [4.78, 5) is 12.1. The van der Waals surface area contributed by atoms with Crippen molar-refractivity contribution in [1.82, 2.24) is 5.32 Å². The van der Waals surface area contributed by atoms with Crippen molar-refractivity contribution in [3.05, 3.63) is 71.8 Å². The van der Waals surface area contributed by atoms with Gasteiger partial charge in [0.25, 0.3) is 0 Å². The van der Waals surface area contributed by atoms with Crippen molar-refractivity contribution in [3.8, 4) is 0 Å². The van der Waals surface area contributed by atoms with E-state index in [-0.39, 0.29) is 12.0 Å². The van der Waals surface area contributed by atoms with Gasteiger partial charge in [-0.2, -0.15) is 0 Å². The molecule has 2 aromatic carbocycles. The Morgan fingerprint density at radius 1 is 1.00 bits per heavy atom. The van der Waals surface area contributed by atoms with Gasteiger partial charge >= 0.3 is 5.97 Å². The molecular weight excluding hydrogens is 274 g/mol. The lowest BCUT2D eigenvalue weighted by molar-refractivity contribution is -0.145. The second-order valence-electron chi connectivity index (χ2n) is 5.20. The van der Waals surface area contributed by atoms with Crippen LogP contribution in [0.15, 0.2) is 60.7 Å². The molecule has 0 unspecified atom stereocenters. The molecule has 0 aliphatic rings. The van der Waals surface area contributed by atoms with Crippen LogP contribution >= 0.6 is 0 Å². The standard InChI is InChI=1S/C19H23NO2/c1-2-22-19(21)18(14-13-16-9-5-3-6-10-16)20-15-17-11-7-4-8-12-17/h3-12,18,20H,2,13-15H2,1H3/t18-/m1/s1. The fourth-order valence-corrected chi connectivity index (χ4v) is 2.34. The highest BCUT2D eigenvalue weighted by molar-refractivity contribution is 5.75. The van der Waals surface area contributed by atoms with Crippen molar-refractivity contribution in [1.29, 1.82) is 0 Å². The minimum atomic E-state index is -0.277. The molecule has 2 aromatic rings. The van der Waals surface area contributed by atoms with E-state index < -0.39 is 0 Å². The molecule has 0 amide bonds. The number of aryl methyl sites for hydroxylation is 1. The molecule has 3 nitrogen and oxygen atoms in total. The summed E-state index contributed by atoms with van der Waals surface area (Å²) in [5.41, 5.74) is 2.40. The first-order chi connectivity index (χ1) is 10.8. The van der Waals surface area contributed by atoms with Crippen LogP contribution < -0.4 is 5.32 Å². The molecule has 0 saturated heterocycles. The zero-order chi connectivity index (χ0) is 15.6. The number of esters is 1. The van der Waals surface area contributed by atoms with Crippen LogP contribution in [0.25, 0.3) is 0 Å². The number of rotatable bonds is 8. The van der Waals surface area contributed by atoms with Gasteiger partial charge in [-0.25, -0.2) is 0 Å². The smallest absolute Gasteiger partial charge is 0.323 e. The monoisotopic (exact) mass is 297 g/mol. The van der Waals surface area contributed by atoms with Crippen LogP contribution in [0, 0.1) is 0 Å². The summed E-state index contributed by atoms with van der Waals surface area (Å²) in [7, 11) is 0. The van der Waals surface area contributed by atoms with Crippen molar-refractivity contribution in [3.63, 3.8) is 0 Å². The van der Waals surface area contributed by atoms with Gasteiger partial charge in [-0.3, -0.25) is 4.79 Å². The highest BCUT2D eigenvalue weighted by atomic mass is 16.5. The van der Waals surface area contributed by atoms with Crippen molar-refractivity contribution in [2.24, 2.45) is 0 Å². The van der Waals surface area contributed by atoms with E-state index in [0.29, 0.717) is 13.2 Å². The molecule has 0 aliphatic heterocycles. The van der Waals surface area contributed by atoms with Gasteiger partial charge in [-0.05, 0) is 30.9 Å². The van der Waals surface area contributed by atoms with Crippen molar-refractivity contribution < 1.29 is 9.53 Å². The fourth-order valence-electron chi connectivity index (χ4n) is 2.34. The molecular formula is C19H23NO2. The Kier molecular flexibility index (Phi) is 6.65. The summed E-state index contributed by atoms with van der Waals surface area (Å²) in [5, 5.41) is 3.32. The van der Waals surface area contributed by atoms with Crippen LogP contribution in [0.5, 0.6) is 0 Å². The van der Waals surface area contributed by atoms with Gasteiger partial charge in [0.1, 0.15) is 6.04 Å². The van der Waals surface area contributed by atoms with Crippen molar-refractivity contribution >= 4 is 5.97 Å². The normalized spacial score (nSPS) is 11.9. The van der Waals surface area contributed by atoms with Crippen LogP contribution in [0.2, 0.25) is 0 Å². The maximum Gasteiger partial charge on any atom is 0.323 e. The van der Waals surface area contributed by atoms with Gasteiger partial charge in [-0.1, -0.05) is 60.7 Å². The molecule has 2 rings (SSSR count). The van der Waals surface area contributed by atoms with E-state index in [0.717, 1.165) is 18.4 Å². The molecule has 0 spiro atoms. The summed E-state index contributed by atoms with van der Waals surface area (Å²) in [6.07, 6.45) is 1.59. The molecule has 3 heteroatoms. The molecule has 1 atom stereocenters. The first-order valence-corrected chi connectivity index (χ1v) is 7.77. The first-order valence-electron chi connectivity index (χ1n) is 7.77. The molecule has 116 valence electrons. The average Bonchev–Trinajstić information content (AvgIpc) is 2.57. The third-order valence-electron chi connectivity index (χ3n) is 3.53. The Morgan fingerprint density at radius 3 is 2.18 bits per heavy atom. The lowest BCUT2D eigenvalue weighted by atomic mass is 10.0. The number of carbonyl (C=O) groups is 1. The van der Waals surface area contributed by atoms with E-state index in [9.17, 15) is 4.79 Å². The van der Waals surface area contributed by atoms with Crippen molar-refractivity contribution in [2.45, 2.75) is 32.4 Å². The number of benzene rings is 2. The highest BCUT2D eigenvalue weighted by Gasteiger charge is 2.18. The quantitative estimate of drug-likeness (QED) is 0.759. The largest absolute Gasteiger partial charge is 0.465 e. The number of hydrogen-bond donors (Lipinski definition) is 1. The predicted octanol–water partition coefficient (Wildman–Crippen LogP) is 3.34. The number of hydrogen-bond acceptors (Lipinski definition) is 3. The number of ether oxygens (including phenoxy) is 1. The van der Waals surface area contributed by atoms with Crippen LogP contribution in [-0.4, -0.2) is 18.6 Å². The van der Waals surface area contributed by atoms with E-state index in [4.69, 9.17) is 4.74 Å². The predicted molar refractivity (Wildman–Crippen MR) is 88.5 cm³/mol. The summed E-state index contributed by atoms with van der Waals surface area (Å²) >= 11 is 0. The Bertz CT molecular complexity index is 511. The molecule has 0 aliphatic carbocycles. The number of carbonyl (C=O) groups excluding carboxylic acids is 1. The van der Waals surface area contributed by atoms with Crippen LogP contribution in [-0.2, 0) is 22.5 Å². The van der Waals surface area contributed by atoms with Crippen molar-refractivity contribution in [2.75, 3.05) is 6.61 Å². The Hall–Kier alpha value is -2.13. The highest BCUT2D eigenvalue weighted by Crippen LogP contribution is 2.08. The van der Waals surface area contributed by atoms with E-state index in [2.05, 4.69) is 17.4 Å². The van der Waals surface area contributed by atoms with Crippen LogP contribution in [0.4, 0.5) is 0 Å². The minimum Gasteiger partial charge on any atom is -0.465 e. The fraction of sp³-hybridized carbons (Fsp3) is 0.316. The Morgan fingerprint density at radius 2 is 1.59 bits per heavy atom. The molecule has 0 heterocycles. The third kappa shape index (κ3) is 5.34. The van der Waals surface area contributed by atoms with Gasteiger partial charge in [-0.15, -0.1) is 0 Å². The zero-order valence-corrected chi connectivity index (χ0v) is 13.0. The Balaban J connectivity index is 1.92. The topological polar surface area (TPSA) is 38.3 Å². The van der Waals surface area contributed by atoms with E-state index in [1.165, 1.54) is 5.56 Å². The van der Waals surface area contributed by atoms with Gasteiger partial charge in [0.15, 0.2) is 0 Å². The molecule has 0 fully saturated rings. The molecule has 0 saturated carbocycles. The second-order valence-corrected chi connectivity index (χ2v) is 5.20. The van der Waals surface area contributed by atoms with Gasteiger partial charge in [0.05, 0.1) is 6.61 Å². The lowest BCUT2D eigenvalue weighted by Crippen LogP contribution is -2.38. The van der Waals surface area contributed by atoms with Gasteiger partial charge in [0.2, 0.25) is 0 Å². The molecule has 0 bridgehead atoms. The maximum absolute atomic E-state index is 12.1. The van der Waals surface area contributed by atoms with Crippen LogP contribution in [0.1, 0.15) is 24.5 Å². The van der Waals surface area contributed by atoms with Gasteiger partial charge in [0, 0.05) is 6.54 Å². The zero-order valence-electron chi connectivity index (χ0n) is 13.0. The van der Waals surface area contributed by atoms with E-state index in [1.54, 1.807) is 0 Å². The molecule has 1 N–H and O–H groups in total. The molecule has 22 heavy (non-hydrogen) atoms. The summed E-state index contributed by atoms with van der Waals surface area (Å²) < 4.78 is 5.18. The average molecular weight is 297 g/mol. The Labute approximate surface area is 132 Å². The third-order valence-corrected chi connectivity index (χ3v) is 3.53. The molecule has 0 aromatic heterocycles. The SMILES string of the molecule is CCOC(=O)[C@@H](CCc1ccccc1)NCc1ccccc1. The second kappa shape index (κ2) is 9.00. The lowest BCUT2D eigenvalue weighted by Gasteiger charge is -2.17. The van der Waals surface area contributed by atoms with E-state index >= 15 is 0 Å². The summed E-state index contributed by atoms with van der Waals surface area (Å²) in [6.45, 7) is 2.91. The minimum absolute atomic E-state index is 0.172. The maximum atomic E-state index is 12.1. The van der Waals surface area contributed by atoms with Gasteiger partial charge < -0.3 is 10.1 Å². The number of nitrogens with one attached hydrogen (secondary N) is 1. The van der Waals surface area contributed by atoms with Crippen LogP contribution in [0.3, 0.4) is 0 Å². The first kappa shape index (κ1) is 16.2. The molecule has 0 radical (unpaired) electrons.